The molecule has 3 atom stereocenters. The van der Waals surface area contributed by atoms with Crippen molar-refractivity contribution in [1.29, 1.82) is 0 Å². The summed E-state index contributed by atoms with van der Waals surface area (Å²) >= 11 is 0. The second-order valence-corrected chi connectivity index (χ2v) is 8.36. The number of carbonyl (C=O) groups is 3. The molecule has 158 valence electrons. The topological polar surface area (TPSA) is 90.5 Å². The van der Waals surface area contributed by atoms with Gasteiger partial charge in [0.2, 0.25) is 11.8 Å². The Balaban J connectivity index is 1.58. The number of rotatable bonds is 5. The van der Waals surface area contributed by atoms with Crippen molar-refractivity contribution in [3.63, 3.8) is 0 Å². The van der Waals surface area contributed by atoms with Crippen molar-refractivity contribution in [3.8, 4) is 0 Å². The lowest BCUT2D eigenvalue weighted by molar-refractivity contribution is -0.125. The van der Waals surface area contributed by atoms with E-state index in [2.05, 4.69) is 34.1 Å². The molecule has 7 nitrogen and oxygen atoms in total. The van der Waals surface area contributed by atoms with Gasteiger partial charge in [-0.1, -0.05) is 30.7 Å². The molecule has 0 radical (unpaired) electrons. The molecule has 1 aliphatic carbocycles. The van der Waals surface area contributed by atoms with Crippen LogP contribution in [0.4, 0.5) is 4.79 Å². The Morgan fingerprint density at radius 1 is 1.21 bits per heavy atom. The highest BCUT2D eigenvalue weighted by molar-refractivity contribution is 5.85. The second kappa shape index (κ2) is 9.29. The Bertz CT molecular complexity index is 779. The van der Waals surface area contributed by atoms with Gasteiger partial charge < -0.3 is 20.9 Å². The number of urea groups is 1. The first-order chi connectivity index (χ1) is 13.9. The molecule has 0 spiro atoms. The second-order valence-electron chi connectivity index (χ2n) is 8.36. The van der Waals surface area contributed by atoms with E-state index in [1.807, 2.05) is 20.8 Å². The van der Waals surface area contributed by atoms with Crippen LogP contribution in [0, 0.1) is 25.7 Å². The maximum Gasteiger partial charge on any atom is 0.317 e. The van der Waals surface area contributed by atoms with Gasteiger partial charge in [-0.2, -0.15) is 0 Å². The molecule has 2 fully saturated rings. The van der Waals surface area contributed by atoms with Gasteiger partial charge in [-0.05, 0) is 50.2 Å². The molecule has 3 N–H and O–H groups in total. The zero-order valence-electron chi connectivity index (χ0n) is 17.6. The Labute approximate surface area is 172 Å². The number of nitrogens with one attached hydrogen (secondary N) is 3. The first kappa shape index (κ1) is 21.1. The third-order valence-electron chi connectivity index (χ3n) is 5.97. The number of benzene rings is 1. The minimum absolute atomic E-state index is 0.0233. The van der Waals surface area contributed by atoms with Gasteiger partial charge in [0, 0.05) is 31.6 Å². The van der Waals surface area contributed by atoms with Crippen LogP contribution in [0.2, 0.25) is 0 Å². The number of carbonyl (C=O) groups excluding carboxylic acids is 3. The average molecular weight is 401 g/mol. The highest BCUT2D eigenvalue weighted by Gasteiger charge is 2.42. The molecule has 1 saturated carbocycles. The van der Waals surface area contributed by atoms with Crippen LogP contribution in [-0.2, 0) is 16.1 Å². The Morgan fingerprint density at radius 3 is 2.76 bits per heavy atom. The zero-order valence-corrected chi connectivity index (χ0v) is 17.6. The van der Waals surface area contributed by atoms with Crippen LogP contribution in [0.1, 0.15) is 42.9 Å². The van der Waals surface area contributed by atoms with Crippen LogP contribution in [0.25, 0.3) is 0 Å². The van der Waals surface area contributed by atoms with Crippen LogP contribution >= 0.6 is 0 Å². The summed E-state index contributed by atoms with van der Waals surface area (Å²) < 4.78 is 0. The molecule has 7 heteroatoms. The van der Waals surface area contributed by atoms with E-state index >= 15 is 0 Å². The number of amides is 4. The van der Waals surface area contributed by atoms with Crippen LogP contribution in [0.5, 0.6) is 0 Å². The van der Waals surface area contributed by atoms with Crippen molar-refractivity contribution >= 4 is 17.8 Å². The third kappa shape index (κ3) is 5.28. The standard InChI is InChI=1S/C22H32N4O3/c1-4-7-23-22(29)26-12-18-9-16(10-19(18)25-20(27)13-26)21(28)24-11-17-8-14(2)5-6-15(17)3/h5-6,8,16,18-19H,4,7,9-13H2,1-3H3,(H,23,29)(H,24,28)(H,25,27)/t16-,18+,19+/m0/s1. The Morgan fingerprint density at radius 2 is 2.00 bits per heavy atom. The molecule has 1 aromatic carbocycles. The number of hydrogen-bond donors (Lipinski definition) is 3. The minimum Gasteiger partial charge on any atom is -0.352 e. The first-order valence-electron chi connectivity index (χ1n) is 10.5. The van der Waals surface area contributed by atoms with Gasteiger partial charge in [-0.25, -0.2) is 4.79 Å². The van der Waals surface area contributed by atoms with Crippen molar-refractivity contribution in [1.82, 2.24) is 20.9 Å². The van der Waals surface area contributed by atoms with Crippen molar-refractivity contribution in [2.75, 3.05) is 19.6 Å². The van der Waals surface area contributed by atoms with Gasteiger partial charge in [-0.3, -0.25) is 9.59 Å². The summed E-state index contributed by atoms with van der Waals surface area (Å²) in [5, 5.41) is 8.92. The van der Waals surface area contributed by atoms with Crippen molar-refractivity contribution < 1.29 is 14.4 Å². The van der Waals surface area contributed by atoms with E-state index in [1.54, 1.807) is 4.90 Å². The average Bonchev–Trinajstić information content (AvgIpc) is 3.00. The zero-order chi connectivity index (χ0) is 21.0. The summed E-state index contributed by atoms with van der Waals surface area (Å²) in [6.07, 6.45) is 2.15. The van der Waals surface area contributed by atoms with E-state index < -0.39 is 0 Å². The number of nitrogens with zero attached hydrogens (tertiary/aromatic N) is 1. The molecule has 0 unspecified atom stereocenters. The molecule has 0 bridgehead atoms. The van der Waals surface area contributed by atoms with Crippen LogP contribution in [0.3, 0.4) is 0 Å². The number of aryl methyl sites for hydroxylation is 2. The molecule has 2 aliphatic rings. The summed E-state index contributed by atoms with van der Waals surface area (Å²) in [6.45, 7) is 7.75. The third-order valence-corrected chi connectivity index (χ3v) is 5.97. The van der Waals surface area contributed by atoms with Crippen LogP contribution < -0.4 is 16.0 Å². The predicted molar refractivity (Wildman–Crippen MR) is 111 cm³/mol. The highest BCUT2D eigenvalue weighted by atomic mass is 16.2. The van der Waals surface area contributed by atoms with Crippen LogP contribution in [0.15, 0.2) is 18.2 Å². The molecule has 1 saturated heterocycles. The van der Waals surface area contributed by atoms with Gasteiger partial charge in [-0.15, -0.1) is 0 Å². The fourth-order valence-electron chi connectivity index (χ4n) is 4.31. The molecular formula is C22H32N4O3. The summed E-state index contributed by atoms with van der Waals surface area (Å²) in [5.41, 5.74) is 3.46. The van der Waals surface area contributed by atoms with E-state index in [-0.39, 0.29) is 42.3 Å². The predicted octanol–water partition coefficient (Wildman–Crippen LogP) is 1.87. The molecule has 1 aromatic rings. The highest BCUT2D eigenvalue weighted by Crippen LogP contribution is 2.33. The molecule has 29 heavy (non-hydrogen) atoms. The van der Waals surface area contributed by atoms with Gasteiger partial charge in [0.05, 0.1) is 0 Å². The lowest BCUT2D eigenvalue weighted by Crippen LogP contribution is -2.44. The molecule has 1 heterocycles. The van der Waals surface area contributed by atoms with E-state index in [1.165, 1.54) is 5.56 Å². The largest absolute Gasteiger partial charge is 0.352 e. The molecular weight excluding hydrogens is 368 g/mol. The molecule has 4 amide bonds. The molecule has 0 aromatic heterocycles. The fraction of sp³-hybridized carbons (Fsp3) is 0.591. The fourth-order valence-corrected chi connectivity index (χ4v) is 4.31. The van der Waals surface area contributed by atoms with Gasteiger partial charge in [0.1, 0.15) is 6.54 Å². The number of fused-ring (bicyclic) bond motifs is 1. The van der Waals surface area contributed by atoms with Crippen molar-refractivity contribution in [2.45, 2.75) is 52.6 Å². The normalized spacial score (nSPS) is 23.8. The van der Waals surface area contributed by atoms with E-state index in [0.29, 0.717) is 32.5 Å². The Hall–Kier alpha value is -2.57. The van der Waals surface area contributed by atoms with Gasteiger partial charge >= 0.3 is 6.03 Å². The summed E-state index contributed by atoms with van der Waals surface area (Å²) in [7, 11) is 0. The van der Waals surface area contributed by atoms with Gasteiger partial charge in [0.25, 0.3) is 0 Å². The summed E-state index contributed by atoms with van der Waals surface area (Å²) in [6, 6.07) is 5.98. The van der Waals surface area contributed by atoms with E-state index in [4.69, 9.17) is 0 Å². The van der Waals surface area contributed by atoms with Crippen molar-refractivity contribution in [2.24, 2.45) is 11.8 Å². The maximum atomic E-state index is 12.8. The van der Waals surface area contributed by atoms with Crippen LogP contribution in [-0.4, -0.2) is 48.4 Å². The summed E-state index contributed by atoms with van der Waals surface area (Å²) in [5.74, 6) is -0.171. The minimum atomic E-state index is -0.203. The molecule has 1 aliphatic heterocycles. The SMILES string of the molecule is CCCNC(=O)N1CC(=O)N[C@@H]2C[C@@H](C(=O)NCc3cc(C)ccc3C)C[C@@H]2C1. The lowest BCUT2D eigenvalue weighted by Gasteiger charge is -2.23. The van der Waals surface area contributed by atoms with E-state index in [9.17, 15) is 14.4 Å². The number of hydrogen-bond acceptors (Lipinski definition) is 3. The first-order valence-corrected chi connectivity index (χ1v) is 10.5. The smallest absolute Gasteiger partial charge is 0.317 e. The maximum absolute atomic E-state index is 12.8. The van der Waals surface area contributed by atoms with Gasteiger partial charge in [0.15, 0.2) is 0 Å². The molecule has 3 rings (SSSR count). The summed E-state index contributed by atoms with van der Waals surface area (Å²) in [4.78, 5) is 38.9. The lowest BCUT2D eigenvalue weighted by atomic mass is 10.0. The van der Waals surface area contributed by atoms with E-state index in [0.717, 1.165) is 17.5 Å². The monoisotopic (exact) mass is 400 g/mol. The van der Waals surface area contributed by atoms with Crippen molar-refractivity contribution in [3.05, 3.63) is 34.9 Å². The Kier molecular flexibility index (Phi) is 6.77. The quantitative estimate of drug-likeness (QED) is 0.705.